The molecule has 34 heavy (non-hydrogen) atoms. The highest BCUT2D eigenvalue weighted by molar-refractivity contribution is 7.20. The summed E-state index contributed by atoms with van der Waals surface area (Å²) in [5.74, 6) is -2.35. The molecule has 2 N–H and O–H groups in total. The van der Waals surface area contributed by atoms with Gasteiger partial charge in [0.05, 0.1) is 35.1 Å². The van der Waals surface area contributed by atoms with Crippen molar-refractivity contribution in [1.82, 2.24) is 9.55 Å². The monoisotopic (exact) mass is 484 g/mol. The number of rotatable bonds is 6. The van der Waals surface area contributed by atoms with E-state index in [-0.39, 0.29) is 22.5 Å². The fourth-order valence-corrected chi connectivity index (χ4v) is 4.39. The van der Waals surface area contributed by atoms with E-state index < -0.39 is 29.0 Å². The molecule has 2 aromatic carbocycles. The third-order valence-corrected chi connectivity index (χ3v) is 6.20. The number of para-hydroxylation sites is 2. The second-order valence-corrected chi connectivity index (χ2v) is 8.24. The van der Waals surface area contributed by atoms with Crippen LogP contribution in [0.25, 0.3) is 10.2 Å². The van der Waals surface area contributed by atoms with Gasteiger partial charge in [-0.2, -0.15) is 0 Å². The van der Waals surface area contributed by atoms with Crippen LogP contribution in [0.5, 0.6) is 5.75 Å². The highest BCUT2D eigenvalue weighted by Crippen LogP contribution is 2.28. The largest absolute Gasteiger partial charge is 0.495 e. The Morgan fingerprint density at radius 2 is 1.88 bits per heavy atom. The van der Waals surface area contributed by atoms with Gasteiger partial charge in [0.1, 0.15) is 28.8 Å². The second-order valence-electron chi connectivity index (χ2n) is 7.24. The SMILES string of the molecule is COc1ccccc1NC(=O)Cn1cnc2sc(C(=O)Nc3ccc(F)cc3F)c(C)c2c1=O. The third-order valence-electron chi connectivity index (χ3n) is 5.00. The van der Waals surface area contributed by atoms with E-state index >= 15 is 0 Å². The number of amides is 2. The van der Waals surface area contributed by atoms with E-state index in [1.165, 1.54) is 13.4 Å². The molecular weight excluding hydrogens is 466 g/mol. The fourth-order valence-electron chi connectivity index (χ4n) is 3.35. The molecule has 0 saturated carbocycles. The van der Waals surface area contributed by atoms with Crippen molar-refractivity contribution >= 4 is 44.7 Å². The lowest BCUT2D eigenvalue weighted by Crippen LogP contribution is -2.28. The van der Waals surface area contributed by atoms with E-state index in [9.17, 15) is 23.2 Å². The van der Waals surface area contributed by atoms with Crippen LogP contribution < -0.4 is 20.9 Å². The molecule has 0 fully saturated rings. The predicted octanol–water partition coefficient (Wildman–Crippen LogP) is 3.94. The van der Waals surface area contributed by atoms with Crippen molar-refractivity contribution < 1.29 is 23.1 Å². The average molecular weight is 484 g/mol. The second kappa shape index (κ2) is 9.40. The quantitative estimate of drug-likeness (QED) is 0.432. The molecule has 11 heteroatoms. The summed E-state index contributed by atoms with van der Waals surface area (Å²) < 4.78 is 33.4. The molecule has 0 radical (unpaired) electrons. The molecule has 0 atom stereocenters. The number of nitrogens with one attached hydrogen (secondary N) is 2. The van der Waals surface area contributed by atoms with Gasteiger partial charge in [0.15, 0.2) is 0 Å². The summed E-state index contributed by atoms with van der Waals surface area (Å²) in [5, 5.41) is 5.24. The van der Waals surface area contributed by atoms with E-state index in [0.717, 1.165) is 28.0 Å². The molecule has 174 valence electrons. The van der Waals surface area contributed by atoms with Crippen molar-refractivity contribution in [2.45, 2.75) is 13.5 Å². The maximum absolute atomic E-state index is 13.9. The van der Waals surface area contributed by atoms with Gasteiger partial charge in [0.25, 0.3) is 11.5 Å². The van der Waals surface area contributed by atoms with Gasteiger partial charge in [-0.05, 0) is 36.8 Å². The fraction of sp³-hybridized carbons (Fsp3) is 0.130. The third kappa shape index (κ3) is 4.50. The van der Waals surface area contributed by atoms with Crippen molar-refractivity contribution in [3.8, 4) is 5.75 Å². The van der Waals surface area contributed by atoms with Crippen molar-refractivity contribution in [1.29, 1.82) is 0 Å². The van der Waals surface area contributed by atoms with E-state index in [4.69, 9.17) is 4.74 Å². The number of thiophene rings is 1. The zero-order valence-corrected chi connectivity index (χ0v) is 18.8. The molecular formula is C23H18F2N4O4S. The number of carbonyl (C=O) groups excluding carboxylic acids is 2. The Balaban J connectivity index is 1.59. The lowest BCUT2D eigenvalue weighted by Gasteiger charge is -2.10. The Morgan fingerprint density at radius 1 is 1.12 bits per heavy atom. The molecule has 0 bridgehead atoms. The summed E-state index contributed by atoms with van der Waals surface area (Å²) in [4.78, 5) is 42.9. The molecule has 2 amide bonds. The molecule has 0 aliphatic heterocycles. The molecule has 8 nitrogen and oxygen atoms in total. The van der Waals surface area contributed by atoms with Gasteiger partial charge in [-0.3, -0.25) is 19.0 Å². The molecule has 0 aliphatic carbocycles. The number of hydrogen-bond acceptors (Lipinski definition) is 6. The highest BCUT2D eigenvalue weighted by Gasteiger charge is 2.21. The smallest absolute Gasteiger partial charge is 0.266 e. The molecule has 0 saturated heterocycles. The molecule has 4 aromatic rings. The van der Waals surface area contributed by atoms with Crippen LogP contribution in [0.15, 0.2) is 53.6 Å². The maximum atomic E-state index is 13.9. The minimum Gasteiger partial charge on any atom is -0.495 e. The first-order valence-corrected chi connectivity index (χ1v) is 10.8. The highest BCUT2D eigenvalue weighted by atomic mass is 32.1. The van der Waals surface area contributed by atoms with Crippen LogP contribution >= 0.6 is 11.3 Å². The van der Waals surface area contributed by atoms with Crippen LogP contribution in [0.4, 0.5) is 20.2 Å². The van der Waals surface area contributed by atoms with Gasteiger partial charge in [-0.25, -0.2) is 13.8 Å². The van der Waals surface area contributed by atoms with E-state index in [2.05, 4.69) is 15.6 Å². The first kappa shape index (κ1) is 23.1. The number of halogens is 2. The van der Waals surface area contributed by atoms with Gasteiger partial charge in [0, 0.05) is 6.07 Å². The van der Waals surface area contributed by atoms with Crippen molar-refractivity contribution in [3.05, 3.63) is 81.2 Å². The van der Waals surface area contributed by atoms with Gasteiger partial charge in [-0.15, -0.1) is 11.3 Å². The van der Waals surface area contributed by atoms with E-state index in [1.54, 1.807) is 31.2 Å². The number of fused-ring (bicyclic) bond motifs is 1. The van der Waals surface area contributed by atoms with Crippen LogP contribution in [-0.4, -0.2) is 28.5 Å². The minimum atomic E-state index is -0.923. The summed E-state index contributed by atoms with van der Waals surface area (Å²) in [6, 6.07) is 9.63. The number of aromatic nitrogens is 2. The van der Waals surface area contributed by atoms with E-state index in [0.29, 0.717) is 27.9 Å². The number of aryl methyl sites for hydroxylation is 1. The normalized spacial score (nSPS) is 10.8. The Labute approximate surface area is 195 Å². The molecule has 4 rings (SSSR count). The number of nitrogens with zero attached hydrogens (tertiary/aromatic N) is 2. The maximum Gasteiger partial charge on any atom is 0.266 e. The zero-order chi connectivity index (χ0) is 24.4. The number of hydrogen-bond donors (Lipinski definition) is 2. The lowest BCUT2D eigenvalue weighted by atomic mass is 10.2. The van der Waals surface area contributed by atoms with Crippen LogP contribution in [0.3, 0.4) is 0 Å². The summed E-state index contributed by atoms with van der Waals surface area (Å²) in [6.07, 6.45) is 1.23. The minimum absolute atomic E-state index is 0.152. The first-order valence-electron chi connectivity index (χ1n) is 9.96. The van der Waals surface area contributed by atoms with Gasteiger partial charge in [-0.1, -0.05) is 12.1 Å². The number of methoxy groups -OCH3 is 1. The number of anilines is 2. The van der Waals surface area contributed by atoms with Gasteiger partial charge >= 0.3 is 0 Å². The lowest BCUT2D eigenvalue weighted by molar-refractivity contribution is -0.116. The van der Waals surface area contributed by atoms with E-state index in [1.807, 2.05) is 0 Å². The summed E-state index contributed by atoms with van der Waals surface area (Å²) >= 11 is 0.959. The number of ether oxygens (including phenoxy) is 1. The van der Waals surface area contributed by atoms with Gasteiger partial charge < -0.3 is 15.4 Å². The Morgan fingerprint density at radius 3 is 2.62 bits per heavy atom. The standard InChI is InChI=1S/C23H18F2N4O4S/c1-12-19-22(34-20(12)21(31)28-15-8-7-13(24)9-14(15)25)26-11-29(23(19)32)10-18(30)27-16-5-3-4-6-17(16)33-2/h3-9,11H,10H2,1-2H3,(H,27,30)(H,28,31). The predicted molar refractivity (Wildman–Crippen MR) is 125 cm³/mol. The average Bonchev–Trinajstić information content (AvgIpc) is 3.15. The first-order chi connectivity index (χ1) is 16.3. The van der Waals surface area contributed by atoms with Crippen molar-refractivity contribution in [2.75, 3.05) is 17.7 Å². The molecule has 0 spiro atoms. The van der Waals surface area contributed by atoms with Crippen molar-refractivity contribution in [2.24, 2.45) is 0 Å². The number of carbonyl (C=O) groups is 2. The number of benzene rings is 2. The molecule has 0 aliphatic rings. The van der Waals surface area contributed by atoms with Crippen LogP contribution in [0.2, 0.25) is 0 Å². The molecule has 0 unspecified atom stereocenters. The summed E-state index contributed by atoms with van der Waals surface area (Å²) in [7, 11) is 1.48. The topological polar surface area (TPSA) is 102 Å². The summed E-state index contributed by atoms with van der Waals surface area (Å²) in [5.41, 5.74) is 0.107. The molecule has 2 aromatic heterocycles. The van der Waals surface area contributed by atoms with Crippen LogP contribution in [-0.2, 0) is 11.3 Å². The van der Waals surface area contributed by atoms with Gasteiger partial charge in [0.2, 0.25) is 5.91 Å². The molecule has 2 heterocycles. The van der Waals surface area contributed by atoms with Crippen LogP contribution in [0, 0.1) is 18.6 Å². The summed E-state index contributed by atoms with van der Waals surface area (Å²) in [6.45, 7) is 1.26. The van der Waals surface area contributed by atoms with Crippen LogP contribution in [0.1, 0.15) is 15.2 Å². The Kier molecular flexibility index (Phi) is 6.37. The zero-order valence-electron chi connectivity index (χ0n) is 18.0. The Hall–Kier alpha value is -4.12. The van der Waals surface area contributed by atoms with Crippen molar-refractivity contribution in [3.63, 3.8) is 0 Å². The Bertz CT molecular complexity index is 1480.